The smallest absolute Gasteiger partial charge is 0.260 e. The molecule has 5 nitrogen and oxygen atoms in total. The van der Waals surface area contributed by atoms with Crippen LogP contribution >= 0.6 is 0 Å². The number of nitrogens with zero attached hydrogens (tertiary/aromatic N) is 2. The Kier molecular flexibility index (Phi) is 4.98. The van der Waals surface area contributed by atoms with E-state index in [0.717, 1.165) is 31.7 Å². The number of amides is 1. The normalized spacial score (nSPS) is 17.9. The molecule has 1 aromatic rings. The van der Waals surface area contributed by atoms with E-state index >= 15 is 0 Å². The van der Waals surface area contributed by atoms with Crippen LogP contribution in [0, 0.1) is 0 Å². The van der Waals surface area contributed by atoms with Gasteiger partial charge in [0.25, 0.3) is 5.91 Å². The van der Waals surface area contributed by atoms with Crippen molar-refractivity contribution in [3.8, 4) is 5.75 Å². The van der Waals surface area contributed by atoms with Gasteiger partial charge < -0.3 is 20.3 Å². The third kappa shape index (κ3) is 3.71. The Balaban J connectivity index is 1.90. The summed E-state index contributed by atoms with van der Waals surface area (Å²) in [6, 6.07) is 7.50. The maximum absolute atomic E-state index is 12.1. The van der Waals surface area contributed by atoms with Crippen LogP contribution in [-0.2, 0) is 4.79 Å². The molecule has 1 aliphatic rings. The van der Waals surface area contributed by atoms with Crippen molar-refractivity contribution in [3.63, 3.8) is 0 Å². The van der Waals surface area contributed by atoms with Gasteiger partial charge in [-0.2, -0.15) is 0 Å². The average Bonchev–Trinajstić information content (AvgIpc) is 2.45. The van der Waals surface area contributed by atoms with Crippen molar-refractivity contribution in [1.82, 2.24) is 9.80 Å². The fourth-order valence-corrected chi connectivity index (χ4v) is 2.27. The molecule has 1 fully saturated rings. The van der Waals surface area contributed by atoms with Crippen LogP contribution < -0.4 is 10.5 Å². The molecule has 2 rings (SSSR count). The Labute approximate surface area is 120 Å². The van der Waals surface area contributed by atoms with Crippen LogP contribution in [0.3, 0.4) is 0 Å². The van der Waals surface area contributed by atoms with Gasteiger partial charge in [-0.15, -0.1) is 0 Å². The van der Waals surface area contributed by atoms with Crippen molar-refractivity contribution >= 4 is 5.91 Å². The van der Waals surface area contributed by atoms with Gasteiger partial charge in [-0.25, -0.2) is 0 Å². The standard InChI is InChI=1S/C15H23N3O2/c1-12(16)13-5-3-4-6-14(13)20-11-15(19)18-9-7-17(2)8-10-18/h3-6,12H,7-11,16H2,1-2H3. The van der Waals surface area contributed by atoms with Gasteiger partial charge in [0.05, 0.1) is 0 Å². The molecular weight excluding hydrogens is 254 g/mol. The van der Waals surface area contributed by atoms with Crippen molar-refractivity contribution in [1.29, 1.82) is 0 Å². The molecule has 0 aliphatic carbocycles. The van der Waals surface area contributed by atoms with Crippen molar-refractivity contribution in [2.75, 3.05) is 39.8 Å². The first-order chi connectivity index (χ1) is 9.58. The zero-order chi connectivity index (χ0) is 14.5. The number of carbonyl (C=O) groups excluding carboxylic acids is 1. The first-order valence-corrected chi connectivity index (χ1v) is 7.01. The summed E-state index contributed by atoms with van der Waals surface area (Å²) < 4.78 is 5.66. The molecule has 20 heavy (non-hydrogen) atoms. The van der Waals surface area contributed by atoms with Gasteiger partial charge in [-0.1, -0.05) is 18.2 Å². The number of para-hydroxylation sites is 1. The minimum Gasteiger partial charge on any atom is -0.483 e. The topological polar surface area (TPSA) is 58.8 Å². The highest BCUT2D eigenvalue weighted by Gasteiger charge is 2.19. The lowest BCUT2D eigenvalue weighted by Crippen LogP contribution is -2.48. The molecule has 1 saturated heterocycles. The van der Waals surface area contributed by atoms with Gasteiger partial charge in [0.2, 0.25) is 0 Å². The van der Waals surface area contributed by atoms with Gasteiger partial charge in [0.15, 0.2) is 6.61 Å². The second kappa shape index (κ2) is 6.72. The third-order valence-corrected chi connectivity index (χ3v) is 3.62. The molecule has 1 aliphatic heterocycles. The Morgan fingerprint density at radius 2 is 1.95 bits per heavy atom. The number of nitrogens with two attached hydrogens (primary N) is 1. The number of hydrogen-bond donors (Lipinski definition) is 1. The van der Waals surface area contributed by atoms with E-state index in [1.807, 2.05) is 36.1 Å². The van der Waals surface area contributed by atoms with Crippen molar-refractivity contribution in [3.05, 3.63) is 29.8 Å². The van der Waals surface area contributed by atoms with E-state index in [-0.39, 0.29) is 18.6 Å². The van der Waals surface area contributed by atoms with Crippen LogP contribution in [0.15, 0.2) is 24.3 Å². The second-order valence-corrected chi connectivity index (χ2v) is 5.30. The molecular formula is C15H23N3O2. The molecule has 1 aromatic carbocycles. The Morgan fingerprint density at radius 1 is 1.30 bits per heavy atom. The van der Waals surface area contributed by atoms with Gasteiger partial charge in [0, 0.05) is 37.8 Å². The summed E-state index contributed by atoms with van der Waals surface area (Å²) >= 11 is 0. The van der Waals surface area contributed by atoms with Gasteiger partial charge >= 0.3 is 0 Å². The molecule has 5 heteroatoms. The van der Waals surface area contributed by atoms with Crippen molar-refractivity contribution in [2.24, 2.45) is 5.73 Å². The highest BCUT2D eigenvalue weighted by Crippen LogP contribution is 2.23. The summed E-state index contributed by atoms with van der Waals surface area (Å²) in [6.45, 7) is 5.36. The van der Waals surface area contributed by atoms with Crippen LogP contribution in [0.25, 0.3) is 0 Å². The number of hydrogen-bond acceptors (Lipinski definition) is 4. The maximum atomic E-state index is 12.1. The fraction of sp³-hybridized carbons (Fsp3) is 0.533. The molecule has 1 heterocycles. The first-order valence-electron chi connectivity index (χ1n) is 7.01. The third-order valence-electron chi connectivity index (χ3n) is 3.62. The highest BCUT2D eigenvalue weighted by atomic mass is 16.5. The summed E-state index contributed by atoms with van der Waals surface area (Å²) in [5, 5.41) is 0. The number of ether oxygens (including phenoxy) is 1. The summed E-state index contributed by atoms with van der Waals surface area (Å²) in [7, 11) is 2.07. The zero-order valence-corrected chi connectivity index (χ0v) is 12.2. The summed E-state index contributed by atoms with van der Waals surface area (Å²) in [5.74, 6) is 0.738. The predicted molar refractivity (Wildman–Crippen MR) is 78.6 cm³/mol. The number of likely N-dealkylation sites (N-methyl/N-ethyl adjacent to an activating group) is 1. The Bertz CT molecular complexity index is 454. The number of rotatable bonds is 4. The fourth-order valence-electron chi connectivity index (χ4n) is 2.27. The quantitative estimate of drug-likeness (QED) is 0.887. The lowest BCUT2D eigenvalue weighted by Gasteiger charge is -2.32. The minimum atomic E-state index is -0.107. The van der Waals surface area contributed by atoms with Crippen LogP contribution in [0.5, 0.6) is 5.75 Å². The van der Waals surface area contributed by atoms with E-state index in [1.165, 1.54) is 0 Å². The summed E-state index contributed by atoms with van der Waals surface area (Å²) in [5.41, 5.74) is 6.83. The monoisotopic (exact) mass is 277 g/mol. The highest BCUT2D eigenvalue weighted by molar-refractivity contribution is 5.78. The van der Waals surface area contributed by atoms with Crippen LogP contribution in [0.2, 0.25) is 0 Å². The zero-order valence-electron chi connectivity index (χ0n) is 12.2. The van der Waals surface area contributed by atoms with Crippen molar-refractivity contribution < 1.29 is 9.53 Å². The van der Waals surface area contributed by atoms with E-state index in [2.05, 4.69) is 11.9 Å². The molecule has 0 aromatic heterocycles. The van der Waals surface area contributed by atoms with E-state index in [4.69, 9.17) is 10.5 Å². The molecule has 0 bridgehead atoms. The molecule has 0 radical (unpaired) electrons. The van der Waals surface area contributed by atoms with E-state index in [0.29, 0.717) is 5.75 Å². The minimum absolute atomic E-state index is 0.0394. The van der Waals surface area contributed by atoms with Gasteiger partial charge in [-0.05, 0) is 20.0 Å². The van der Waals surface area contributed by atoms with E-state index < -0.39 is 0 Å². The molecule has 0 spiro atoms. The number of carbonyl (C=O) groups is 1. The van der Waals surface area contributed by atoms with Crippen LogP contribution in [0.1, 0.15) is 18.5 Å². The Hall–Kier alpha value is -1.59. The molecule has 1 unspecified atom stereocenters. The molecule has 2 N–H and O–H groups in total. The van der Waals surface area contributed by atoms with Crippen molar-refractivity contribution in [2.45, 2.75) is 13.0 Å². The van der Waals surface area contributed by atoms with E-state index in [1.54, 1.807) is 0 Å². The molecule has 110 valence electrons. The molecule has 0 saturated carbocycles. The first kappa shape index (κ1) is 14.8. The average molecular weight is 277 g/mol. The number of benzene rings is 1. The predicted octanol–water partition coefficient (Wildman–Crippen LogP) is 0.859. The lowest BCUT2D eigenvalue weighted by molar-refractivity contribution is -0.134. The van der Waals surface area contributed by atoms with Crippen LogP contribution in [0.4, 0.5) is 0 Å². The second-order valence-electron chi connectivity index (χ2n) is 5.30. The summed E-state index contributed by atoms with van der Waals surface area (Å²) in [4.78, 5) is 16.2. The summed E-state index contributed by atoms with van der Waals surface area (Å²) in [6.07, 6.45) is 0. The molecule has 1 amide bonds. The largest absolute Gasteiger partial charge is 0.483 e. The lowest BCUT2D eigenvalue weighted by atomic mass is 10.1. The SMILES string of the molecule is CC(N)c1ccccc1OCC(=O)N1CCN(C)CC1. The Morgan fingerprint density at radius 3 is 2.60 bits per heavy atom. The number of piperazine rings is 1. The van der Waals surface area contributed by atoms with Crippen LogP contribution in [-0.4, -0.2) is 55.5 Å². The van der Waals surface area contributed by atoms with E-state index in [9.17, 15) is 4.79 Å². The van der Waals surface area contributed by atoms with Gasteiger partial charge in [-0.3, -0.25) is 4.79 Å². The van der Waals surface area contributed by atoms with Gasteiger partial charge in [0.1, 0.15) is 5.75 Å². The molecule has 1 atom stereocenters. The maximum Gasteiger partial charge on any atom is 0.260 e.